The van der Waals surface area contributed by atoms with Gasteiger partial charge in [0.1, 0.15) is 0 Å². The molecule has 104 valence electrons. The van der Waals surface area contributed by atoms with E-state index in [0.29, 0.717) is 6.42 Å². The van der Waals surface area contributed by atoms with Crippen LogP contribution in [0.5, 0.6) is 0 Å². The first kappa shape index (κ1) is 14.7. The molecule has 0 bridgehead atoms. The molecule has 0 spiro atoms. The predicted molar refractivity (Wildman–Crippen MR) is 53.6 cm³/mol. The summed E-state index contributed by atoms with van der Waals surface area (Å²) in [5.74, 6) is -3.10. The summed E-state index contributed by atoms with van der Waals surface area (Å²) in [6.45, 7) is 1.87. The Morgan fingerprint density at radius 1 is 1.44 bits per heavy atom. The Bertz CT molecular complexity index is 345. The predicted octanol–water partition coefficient (Wildman–Crippen LogP) is 0.776. The average molecular weight is 269 g/mol. The number of carbonyl (C=O) groups is 2. The van der Waals surface area contributed by atoms with Gasteiger partial charge < -0.3 is 14.8 Å². The molecule has 18 heavy (non-hydrogen) atoms. The number of hydrogen-bond donors (Lipinski definition) is 1. The van der Waals surface area contributed by atoms with Gasteiger partial charge in [-0.3, -0.25) is 4.79 Å². The van der Waals surface area contributed by atoms with Crippen LogP contribution >= 0.6 is 0 Å². The highest BCUT2D eigenvalue weighted by Crippen LogP contribution is 2.37. The molecule has 0 aromatic rings. The third-order valence-corrected chi connectivity index (χ3v) is 2.86. The van der Waals surface area contributed by atoms with Gasteiger partial charge in [-0.1, -0.05) is 0 Å². The average Bonchev–Trinajstić information content (AvgIpc) is 2.28. The number of rotatable bonds is 4. The van der Waals surface area contributed by atoms with E-state index in [-0.39, 0.29) is 13.0 Å². The number of esters is 1. The minimum absolute atomic E-state index is 0.0617. The fourth-order valence-electron chi connectivity index (χ4n) is 1.86. The van der Waals surface area contributed by atoms with Gasteiger partial charge in [0.25, 0.3) is 0 Å². The van der Waals surface area contributed by atoms with Crippen LogP contribution in [0.25, 0.3) is 0 Å². The zero-order chi connectivity index (χ0) is 14.0. The van der Waals surface area contributed by atoms with Gasteiger partial charge in [0, 0.05) is 6.61 Å². The van der Waals surface area contributed by atoms with Gasteiger partial charge in [-0.05, 0) is 19.8 Å². The molecular formula is C10H14F3NO4. The maximum Gasteiger partial charge on any atom is 0.471 e. The number of carbonyl (C=O) groups excluding carboxylic acids is 2. The van der Waals surface area contributed by atoms with Gasteiger partial charge in [0.2, 0.25) is 0 Å². The first-order valence-electron chi connectivity index (χ1n) is 5.37. The van der Waals surface area contributed by atoms with Gasteiger partial charge in [0.15, 0.2) is 5.54 Å². The van der Waals surface area contributed by atoms with Crippen LogP contribution in [0.2, 0.25) is 0 Å². The Morgan fingerprint density at radius 2 is 2.06 bits per heavy atom. The maximum atomic E-state index is 12.2. The number of amides is 1. The largest absolute Gasteiger partial charge is 0.471 e. The van der Waals surface area contributed by atoms with E-state index < -0.39 is 29.7 Å². The van der Waals surface area contributed by atoms with Gasteiger partial charge >= 0.3 is 18.1 Å². The highest BCUT2D eigenvalue weighted by Gasteiger charge is 2.58. The summed E-state index contributed by atoms with van der Waals surface area (Å²) < 4.78 is 46.2. The molecule has 2 atom stereocenters. The molecule has 1 saturated carbocycles. The molecule has 1 N–H and O–H groups in total. The molecule has 0 aliphatic heterocycles. The van der Waals surface area contributed by atoms with Crippen molar-refractivity contribution in [2.24, 2.45) is 0 Å². The zero-order valence-corrected chi connectivity index (χ0v) is 9.97. The van der Waals surface area contributed by atoms with Crippen molar-refractivity contribution >= 4 is 11.9 Å². The van der Waals surface area contributed by atoms with Crippen LogP contribution in [0.3, 0.4) is 0 Å². The number of alkyl halides is 3. The third kappa shape index (κ3) is 2.58. The lowest BCUT2D eigenvalue weighted by Gasteiger charge is -2.46. The lowest BCUT2D eigenvalue weighted by molar-refractivity contribution is -0.188. The van der Waals surface area contributed by atoms with Crippen molar-refractivity contribution in [2.75, 3.05) is 13.7 Å². The van der Waals surface area contributed by atoms with Crippen molar-refractivity contribution in [3.05, 3.63) is 0 Å². The van der Waals surface area contributed by atoms with Crippen molar-refractivity contribution in [1.29, 1.82) is 0 Å². The summed E-state index contributed by atoms with van der Waals surface area (Å²) in [6, 6.07) is 0. The summed E-state index contributed by atoms with van der Waals surface area (Å²) in [5.41, 5.74) is -1.72. The molecule has 8 heteroatoms. The molecule has 1 aliphatic carbocycles. The van der Waals surface area contributed by atoms with E-state index in [4.69, 9.17) is 4.74 Å². The van der Waals surface area contributed by atoms with Crippen molar-refractivity contribution in [1.82, 2.24) is 5.32 Å². The van der Waals surface area contributed by atoms with Crippen molar-refractivity contribution in [3.8, 4) is 0 Å². The minimum atomic E-state index is -5.05. The van der Waals surface area contributed by atoms with E-state index in [0.717, 1.165) is 7.11 Å². The molecule has 5 nitrogen and oxygen atoms in total. The van der Waals surface area contributed by atoms with Crippen molar-refractivity contribution < 1.29 is 32.2 Å². The molecule has 1 aliphatic rings. The summed E-state index contributed by atoms with van der Waals surface area (Å²) in [4.78, 5) is 22.5. The molecule has 0 unspecified atom stereocenters. The van der Waals surface area contributed by atoms with Crippen LogP contribution in [0.4, 0.5) is 13.2 Å². The monoisotopic (exact) mass is 269 g/mol. The number of methoxy groups -OCH3 is 1. The zero-order valence-electron chi connectivity index (χ0n) is 9.97. The second-order valence-corrected chi connectivity index (χ2v) is 3.90. The summed E-state index contributed by atoms with van der Waals surface area (Å²) in [5, 5.41) is 1.69. The highest BCUT2D eigenvalue weighted by atomic mass is 19.4. The van der Waals surface area contributed by atoms with E-state index >= 15 is 0 Å². The summed E-state index contributed by atoms with van der Waals surface area (Å²) in [6.07, 6.45) is -5.39. The van der Waals surface area contributed by atoms with E-state index in [1.54, 1.807) is 12.2 Å². The van der Waals surface area contributed by atoms with Crippen molar-refractivity contribution in [3.63, 3.8) is 0 Å². The fraction of sp³-hybridized carbons (Fsp3) is 0.800. The van der Waals surface area contributed by atoms with Gasteiger partial charge in [0.05, 0.1) is 13.2 Å². The van der Waals surface area contributed by atoms with Gasteiger partial charge in [-0.25, -0.2) is 4.79 Å². The molecule has 0 saturated heterocycles. The SMILES string of the molecule is CCO[C@@H]1CC[C@]1(NC(=O)C(F)(F)F)C(=O)OC. The summed E-state index contributed by atoms with van der Waals surface area (Å²) in [7, 11) is 1.05. The van der Waals surface area contributed by atoms with Gasteiger partial charge in [-0.2, -0.15) is 13.2 Å². The van der Waals surface area contributed by atoms with Crippen molar-refractivity contribution in [2.45, 2.75) is 37.6 Å². The van der Waals surface area contributed by atoms with E-state index in [1.165, 1.54) is 0 Å². The number of halogens is 3. The Balaban J connectivity index is 2.87. The molecule has 0 heterocycles. The normalized spacial score (nSPS) is 27.3. The van der Waals surface area contributed by atoms with Crippen LogP contribution in [0, 0.1) is 0 Å². The van der Waals surface area contributed by atoms with Crippen LogP contribution in [-0.4, -0.2) is 43.4 Å². The lowest BCUT2D eigenvalue weighted by atomic mass is 9.73. The molecule has 0 radical (unpaired) electrons. The Hall–Kier alpha value is -1.31. The molecule has 0 aromatic heterocycles. The van der Waals surface area contributed by atoms with Gasteiger partial charge in [-0.15, -0.1) is 0 Å². The Labute approximate surface area is 102 Å². The summed E-state index contributed by atoms with van der Waals surface area (Å²) >= 11 is 0. The molecular weight excluding hydrogens is 255 g/mol. The second-order valence-electron chi connectivity index (χ2n) is 3.90. The number of ether oxygens (including phenoxy) is 2. The Kier molecular flexibility index (Phi) is 4.20. The highest BCUT2D eigenvalue weighted by molar-refractivity contribution is 5.91. The first-order chi connectivity index (χ1) is 8.28. The lowest BCUT2D eigenvalue weighted by Crippen LogP contribution is -2.70. The fourth-order valence-corrected chi connectivity index (χ4v) is 1.86. The maximum absolute atomic E-state index is 12.2. The van der Waals surface area contributed by atoms with E-state index in [9.17, 15) is 22.8 Å². The molecule has 1 fully saturated rings. The van der Waals surface area contributed by atoms with Crippen LogP contribution < -0.4 is 5.32 Å². The second kappa shape index (κ2) is 5.13. The number of hydrogen-bond acceptors (Lipinski definition) is 4. The molecule has 0 aromatic carbocycles. The standard InChI is InChI=1S/C10H14F3NO4/c1-3-18-6-4-5-9(6,8(16)17-2)14-7(15)10(11,12)13/h6H,3-5H2,1-2H3,(H,14,15)/t6-,9-/m1/s1. The van der Waals surface area contributed by atoms with Crippen LogP contribution in [-0.2, 0) is 19.1 Å². The molecule has 1 amide bonds. The Morgan fingerprint density at radius 3 is 2.39 bits per heavy atom. The van der Waals surface area contributed by atoms with Crippen LogP contribution in [0.15, 0.2) is 0 Å². The quantitative estimate of drug-likeness (QED) is 0.766. The topological polar surface area (TPSA) is 64.6 Å². The third-order valence-electron chi connectivity index (χ3n) is 2.86. The minimum Gasteiger partial charge on any atom is -0.467 e. The van der Waals surface area contributed by atoms with E-state index in [2.05, 4.69) is 4.74 Å². The van der Waals surface area contributed by atoms with Crippen LogP contribution in [0.1, 0.15) is 19.8 Å². The van der Waals surface area contributed by atoms with E-state index in [1.807, 2.05) is 0 Å². The first-order valence-corrected chi connectivity index (χ1v) is 5.37. The smallest absolute Gasteiger partial charge is 0.467 e. The molecule has 1 rings (SSSR count). The number of nitrogens with one attached hydrogen (secondary N) is 1.